The van der Waals surface area contributed by atoms with Crippen LogP contribution in [0.1, 0.15) is 12.5 Å². The van der Waals surface area contributed by atoms with Gasteiger partial charge in [-0.2, -0.15) is 0 Å². The molecule has 0 aliphatic carbocycles. The lowest BCUT2D eigenvalue weighted by molar-refractivity contribution is 0.604. The summed E-state index contributed by atoms with van der Waals surface area (Å²) in [6.07, 6.45) is 1.06. The molecule has 0 aliphatic rings. The zero-order valence-electron chi connectivity index (χ0n) is 10.9. The average molecular weight is 257 g/mol. The molecule has 2 aromatic rings. The Labute approximate surface area is 114 Å². The van der Waals surface area contributed by atoms with Crippen LogP contribution in [0.3, 0.4) is 0 Å². The van der Waals surface area contributed by atoms with Crippen molar-refractivity contribution < 1.29 is 0 Å². The van der Waals surface area contributed by atoms with Crippen molar-refractivity contribution >= 4 is 11.8 Å². The van der Waals surface area contributed by atoms with Crippen LogP contribution in [0.2, 0.25) is 0 Å². The van der Waals surface area contributed by atoms with Crippen LogP contribution in [0.5, 0.6) is 0 Å². The highest BCUT2D eigenvalue weighted by Gasteiger charge is 2.06. The van der Waals surface area contributed by atoms with Crippen LogP contribution < -0.4 is 5.32 Å². The van der Waals surface area contributed by atoms with Gasteiger partial charge in [0.05, 0.1) is 0 Å². The molecule has 0 saturated carbocycles. The van der Waals surface area contributed by atoms with Crippen LogP contribution in [0, 0.1) is 0 Å². The highest BCUT2D eigenvalue weighted by atomic mass is 32.2. The van der Waals surface area contributed by atoms with Crippen molar-refractivity contribution in [3.8, 4) is 0 Å². The summed E-state index contributed by atoms with van der Waals surface area (Å²) in [5, 5.41) is 3.30. The van der Waals surface area contributed by atoms with Gasteiger partial charge >= 0.3 is 0 Å². The molecule has 0 radical (unpaired) electrons. The normalized spacial score (nSPS) is 12.3. The molecular weight excluding hydrogens is 238 g/mol. The fraction of sp³-hybridized carbons (Fsp3) is 0.250. The maximum Gasteiger partial charge on any atom is 0.0154 e. The molecule has 0 bridgehead atoms. The maximum atomic E-state index is 3.30. The fourth-order valence-corrected chi connectivity index (χ4v) is 2.80. The molecule has 0 fully saturated rings. The number of benzene rings is 2. The number of hydrogen-bond acceptors (Lipinski definition) is 2. The molecule has 2 aromatic carbocycles. The quantitative estimate of drug-likeness (QED) is 0.869. The molecule has 0 unspecified atom stereocenters. The summed E-state index contributed by atoms with van der Waals surface area (Å²) in [7, 11) is 2.01. The lowest BCUT2D eigenvalue weighted by Gasteiger charge is -2.13. The molecule has 0 saturated heterocycles. The third-order valence-electron chi connectivity index (χ3n) is 2.96. The number of likely N-dealkylation sites (N-methyl/N-ethyl adjacent to an activating group) is 1. The smallest absolute Gasteiger partial charge is 0.0154 e. The number of hydrogen-bond donors (Lipinski definition) is 1. The minimum atomic E-state index is 0.502. The molecule has 94 valence electrons. The van der Waals surface area contributed by atoms with E-state index >= 15 is 0 Å². The average Bonchev–Trinajstić information content (AvgIpc) is 2.42. The standard InChI is InChI=1S/C16H19NS/c1-13(17-2)12-14-8-6-7-11-16(14)18-15-9-4-3-5-10-15/h3-11,13,17H,12H2,1-2H3/t13-/m1/s1. The first-order valence-corrected chi connectivity index (χ1v) is 7.09. The van der Waals surface area contributed by atoms with Crippen molar-refractivity contribution in [2.75, 3.05) is 7.05 Å². The number of rotatable bonds is 5. The molecule has 1 N–H and O–H groups in total. The zero-order valence-corrected chi connectivity index (χ0v) is 11.7. The van der Waals surface area contributed by atoms with Gasteiger partial charge < -0.3 is 5.32 Å². The Bertz CT molecular complexity index is 481. The second kappa shape index (κ2) is 6.62. The molecule has 0 amide bonds. The highest BCUT2D eigenvalue weighted by molar-refractivity contribution is 7.99. The van der Waals surface area contributed by atoms with E-state index in [4.69, 9.17) is 0 Å². The van der Waals surface area contributed by atoms with Crippen LogP contribution in [-0.4, -0.2) is 13.1 Å². The van der Waals surface area contributed by atoms with Gasteiger partial charge in [-0.15, -0.1) is 0 Å². The molecule has 18 heavy (non-hydrogen) atoms. The second-order valence-electron chi connectivity index (χ2n) is 4.42. The van der Waals surface area contributed by atoms with Crippen LogP contribution in [-0.2, 0) is 6.42 Å². The summed E-state index contributed by atoms with van der Waals surface area (Å²) in [6, 6.07) is 19.7. The first-order chi connectivity index (χ1) is 8.79. The Hall–Kier alpha value is -1.25. The van der Waals surface area contributed by atoms with Gasteiger partial charge in [-0.3, -0.25) is 0 Å². The van der Waals surface area contributed by atoms with Crippen molar-refractivity contribution in [1.82, 2.24) is 5.32 Å². The van der Waals surface area contributed by atoms with Gasteiger partial charge in [0.15, 0.2) is 0 Å². The maximum absolute atomic E-state index is 3.30. The van der Waals surface area contributed by atoms with Crippen molar-refractivity contribution in [2.45, 2.75) is 29.2 Å². The molecule has 0 heterocycles. The van der Waals surface area contributed by atoms with E-state index < -0.39 is 0 Å². The van der Waals surface area contributed by atoms with Crippen LogP contribution in [0.25, 0.3) is 0 Å². The lowest BCUT2D eigenvalue weighted by atomic mass is 10.1. The third-order valence-corrected chi connectivity index (χ3v) is 4.09. The Morgan fingerprint density at radius 2 is 1.67 bits per heavy atom. The van der Waals surface area contributed by atoms with Gasteiger partial charge in [-0.1, -0.05) is 48.2 Å². The van der Waals surface area contributed by atoms with Crippen molar-refractivity contribution in [2.24, 2.45) is 0 Å². The van der Waals surface area contributed by atoms with Gasteiger partial charge in [-0.25, -0.2) is 0 Å². The Morgan fingerprint density at radius 1 is 1.00 bits per heavy atom. The van der Waals surface area contributed by atoms with Crippen LogP contribution in [0.15, 0.2) is 64.4 Å². The second-order valence-corrected chi connectivity index (χ2v) is 5.53. The molecule has 0 spiro atoms. The summed E-state index contributed by atoms with van der Waals surface area (Å²) in [5.41, 5.74) is 1.41. The van der Waals surface area contributed by atoms with Crippen molar-refractivity contribution in [3.63, 3.8) is 0 Å². The molecule has 1 nitrogen and oxygen atoms in total. The van der Waals surface area contributed by atoms with Crippen molar-refractivity contribution in [1.29, 1.82) is 0 Å². The first-order valence-electron chi connectivity index (χ1n) is 6.27. The number of nitrogens with one attached hydrogen (secondary N) is 1. The Morgan fingerprint density at radius 3 is 2.39 bits per heavy atom. The van der Waals surface area contributed by atoms with E-state index in [9.17, 15) is 0 Å². The summed E-state index contributed by atoms with van der Waals surface area (Å²) in [5.74, 6) is 0. The van der Waals surface area contributed by atoms with Crippen LogP contribution >= 0.6 is 11.8 Å². The SMILES string of the molecule is CN[C@H](C)Cc1ccccc1Sc1ccccc1. The highest BCUT2D eigenvalue weighted by Crippen LogP contribution is 2.30. The first kappa shape index (κ1) is 13.2. The summed E-state index contributed by atoms with van der Waals surface area (Å²) >= 11 is 1.84. The van der Waals surface area contributed by atoms with E-state index in [1.165, 1.54) is 15.4 Å². The van der Waals surface area contributed by atoms with Gasteiger partial charge in [0, 0.05) is 15.8 Å². The predicted octanol–water partition coefficient (Wildman–Crippen LogP) is 3.99. The largest absolute Gasteiger partial charge is 0.317 e. The van der Waals surface area contributed by atoms with Crippen LogP contribution in [0.4, 0.5) is 0 Å². The predicted molar refractivity (Wildman–Crippen MR) is 79.2 cm³/mol. The van der Waals surface area contributed by atoms with Gasteiger partial charge in [0.1, 0.15) is 0 Å². The third kappa shape index (κ3) is 3.62. The van der Waals surface area contributed by atoms with E-state index in [0.717, 1.165) is 6.42 Å². The zero-order chi connectivity index (χ0) is 12.8. The Kier molecular flexibility index (Phi) is 4.85. The van der Waals surface area contributed by atoms with Gasteiger partial charge in [-0.05, 0) is 44.2 Å². The summed E-state index contributed by atoms with van der Waals surface area (Å²) in [4.78, 5) is 2.65. The molecule has 2 rings (SSSR count). The van der Waals surface area contributed by atoms with E-state index in [0.29, 0.717) is 6.04 Å². The fourth-order valence-electron chi connectivity index (χ4n) is 1.82. The lowest BCUT2D eigenvalue weighted by Crippen LogP contribution is -2.23. The summed E-state index contributed by atoms with van der Waals surface area (Å²) < 4.78 is 0. The Balaban J connectivity index is 2.17. The van der Waals surface area contributed by atoms with E-state index in [-0.39, 0.29) is 0 Å². The monoisotopic (exact) mass is 257 g/mol. The van der Waals surface area contributed by atoms with E-state index in [2.05, 4.69) is 66.8 Å². The minimum absolute atomic E-state index is 0.502. The molecule has 1 atom stereocenters. The van der Waals surface area contributed by atoms with Crippen molar-refractivity contribution in [3.05, 3.63) is 60.2 Å². The van der Waals surface area contributed by atoms with E-state index in [1.807, 2.05) is 18.8 Å². The molecular formula is C16H19NS. The molecule has 0 aliphatic heterocycles. The molecule has 2 heteroatoms. The minimum Gasteiger partial charge on any atom is -0.317 e. The van der Waals surface area contributed by atoms with E-state index in [1.54, 1.807) is 0 Å². The molecule has 0 aromatic heterocycles. The summed E-state index contributed by atoms with van der Waals surface area (Å²) in [6.45, 7) is 2.21. The van der Waals surface area contributed by atoms with Gasteiger partial charge in [0.25, 0.3) is 0 Å². The topological polar surface area (TPSA) is 12.0 Å². The van der Waals surface area contributed by atoms with Gasteiger partial charge in [0.2, 0.25) is 0 Å².